The zero-order valence-corrected chi connectivity index (χ0v) is 22.4. The minimum Gasteiger partial charge on any atom is -0.339 e. The Hall–Kier alpha value is -3.21. The summed E-state index contributed by atoms with van der Waals surface area (Å²) in [6, 6.07) is 13.8. The van der Waals surface area contributed by atoms with E-state index < -0.39 is 15.1 Å². The normalized spacial score (nSPS) is 14.6. The van der Waals surface area contributed by atoms with Crippen molar-refractivity contribution in [2.75, 3.05) is 30.3 Å². The first-order valence-electron chi connectivity index (χ1n) is 12.2. The van der Waals surface area contributed by atoms with E-state index in [-0.39, 0.29) is 27.6 Å². The number of hydrogen-bond donors (Lipinski definition) is 3. The highest BCUT2D eigenvalue weighted by Crippen LogP contribution is 2.30. The van der Waals surface area contributed by atoms with Crippen molar-refractivity contribution in [3.8, 4) is 0 Å². The lowest BCUT2D eigenvalue weighted by Crippen LogP contribution is -2.40. The highest BCUT2D eigenvalue weighted by Gasteiger charge is 2.24. The Morgan fingerprint density at radius 2 is 1.86 bits per heavy atom. The fraction of sp³-hybridized carbons (Fsp3) is 0.346. The lowest BCUT2D eigenvalue weighted by atomic mass is 9.96. The van der Waals surface area contributed by atoms with Gasteiger partial charge in [0.25, 0.3) is 5.91 Å². The third kappa shape index (κ3) is 6.20. The zero-order valence-electron chi connectivity index (χ0n) is 20.8. The van der Waals surface area contributed by atoms with Gasteiger partial charge in [-0.3, -0.25) is 4.79 Å². The maximum atomic E-state index is 13.0. The molecule has 3 aromatic rings. The number of carbonyl (C=O) groups excluding carboxylic acids is 1. The van der Waals surface area contributed by atoms with Crippen LogP contribution in [0.3, 0.4) is 0 Å². The van der Waals surface area contributed by atoms with Crippen LogP contribution >= 0.6 is 11.6 Å². The van der Waals surface area contributed by atoms with Crippen LogP contribution in [-0.4, -0.2) is 54.1 Å². The van der Waals surface area contributed by atoms with Crippen LogP contribution in [0, 0.1) is 5.92 Å². The maximum absolute atomic E-state index is 13.0. The van der Waals surface area contributed by atoms with Crippen LogP contribution in [0.1, 0.15) is 37.0 Å². The van der Waals surface area contributed by atoms with Crippen molar-refractivity contribution in [2.24, 2.45) is 11.7 Å². The summed E-state index contributed by atoms with van der Waals surface area (Å²) in [6.07, 6.45) is 3.25. The molecule has 2 aromatic carbocycles. The summed E-state index contributed by atoms with van der Waals surface area (Å²) in [6.45, 7) is 5.31. The smallest absolute Gasteiger partial charge is 0.253 e. The summed E-state index contributed by atoms with van der Waals surface area (Å²) in [5.41, 5.74) is 7.34. The van der Waals surface area contributed by atoms with Gasteiger partial charge >= 0.3 is 0 Å². The molecule has 0 atom stereocenters. The average Bonchev–Trinajstić information content (AvgIpc) is 2.90. The predicted octanol–water partition coefficient (Wildman–Crippen LogP) is 4.61. The standard InChI is InChI=1S/C26H31ClN6O3S/c1-17(2)37(35,36)23-9-4-3-8-22(23)31-24-21(27)16-29-26(32-24)30-20-7-5-6-19(14-20)25(34)33-12-10-18(15-28)11-13-33/h3-9,14,16-18H,10-13,15,28H2,1-2H3,(H2,29,30,31,32). The van der Waals surface area contributed by atoms with Crippen molar-refractivity contribution < 1.29 is 13.2 Å². The molecule has 1 saturated heterocycles. The van der Waals surface area contributed by atoms with E-state index in [1.807, 2.05) is 11.0 Å². The molecule has 37 heavy (non-hydrogen) atoms. The van der Waals surface area contributed by atoms with Gasteiger partial charge in [-0.1, -0.05) is 29.8 Å². The van der Waals surface area contributed by atoms with E-state index in [1.165, 1.54) is 6.20 Å². The van der Waals surface area contributed by atoms with Gasteiger partial charge in [0, 0.05) is 24.3 Å². The number of anilines is 4. The molecule has 196 valence electrons. The molecule has 0 spiro atoms. The van der Waals surface area contributed by atoms with Crippen molar-refractivity contribution in [3.05, 3.63) is 65.3 Å². The van der Waals surface area contributed by atoms with Crippen LogP contribution < -0.4 is 16.4 Å². The molecule has 1 aliphatic rings. The summed E-state index contributed by atoms with van der Waals surface area (Å²) in [7, 11) is -3.53. The molecule has 4 rings (SSSR count). The van der Waals surface area contributed by atoms with Crippen molar-refractivity contribution in [2.45, 2.75) is 36.8 Å². The molecule has 0 radical (unpaired) electrons. The molecule has 1 amide bonds. The topological polar surface area (TPSA) is 130 Å². The Kier molecular flexibility index (Phi) is 8.31. The molecular weight excluding hydrogens is 512 g/mol. The number of amides is 1. The van der Waals surface area contributed by atoms with Crippen LogP contribution in [0.2, 0.25) is 5.02 Å². The van der Waals surface area contributed by atoms with E-state index in [2.05, 4.69) is 20.6 Å². The Labute approximate surface area is 222 Å². The number of nitrogens with one attached hydrogen (secondary N) is 2. The van der Waals surface area contributed by atoms with Gasteiger partial charge in [-0.05, 0) is 69.5 Å². The average molecular weight is 543 g/mol. The molecule has 4 N–H and O–H groups in total. The first-order chi connectivity index (χ1) is 17.7. The molecule has 9 nitrogen and oxygen atoms in total. The van der Waals surface area contributed by atoms with Gasteiger partial charge in [0.2, 0.25) is 5.95 Å². The van der Waals surface area contributed by atoms with Gasteiger partial charge in [0.1, 0.15) is 5.02 Å². The van der Waals surface area contributed by atoms with Gasteiger partial charge in [-0.2, -0.15) is 4.98 Å². The molecule has 0 saturated carbocycles. The van der Waals surface area contributed by atoms with Crippen molar-refractivity contribution >= 4 is 50.5 Å². The monoisotopic (exact) mass is 542 g/mol. The van der Waals surface area contributed by atoms with E-state index in [1.54, 1.807) is 56.3 Å². The number of piperidine rings is 1. The minimum absolute atomic E-state index is 0.0264. The van der Waals surface area contributed by atoms with Crippen molar-refractivity contribution in [3.63, 3.8) is 0 Å². The van der Waals surface area contributed by atoms with Crippen LogP contribution in [0.15, 0.2) is 59.6 Å². The number of likely N-dealkylation sites (tertiary alicyclic amines) is 1. The Balaban J connectivity index is 1.53. The van der Waals surface area contributed by atoms with Gasteiger partial charge in [-0.25, -0.2) is 13.4 Å². The molecule has 11 heteroatoms. The number of halogens is 1. The zero-order chi connectivity index (χ0) is 26.6. The molecule has 1 aromatic heterocycles. The summed E-state index contributed by atoms with van der Waals surface area (Å²) in [5, 5.41) is 5.79. The van der Waals surface area contributed by atoms with Crippen molar-refractivity contribution in [1.82, 2.24) is 14.9 Å². The second-order valence-electron chi connectivity index (χ2n) is 9.28. The third-order valence-electron chi connectivity index (χ3n) is 6.41. The number of aromatic nitrogens is 2. The Morgan fingerprint density at radius 1 is 1.14 bits per heavy atom. The Morgan fingerprint density at radius 3 is 2.57 bits per heavy atom. The van der Waals surface area contributed by atoms with Gasteiger partial charge < -0.3 is 21.3 Å². The summed E-state index contributed by atoms with van der Waals surface area (Å²) in [5.74, 6) is 0.936. The van der Waals surface area contributed by atoms with E-state index in [9.17, 15) is 13.2 Å². The highest BCUT2D eigenvalue weighted by molar-refractivity contribution is 7.92. The molecular formula is C26H31ClN6O3S. The lowest BCUT2D eigenvalue weighted by Gasteiger charge is -2.31. The van der Waals surface area contributed by atoms with Crippen molar-refractivity contribution in [1.29, 1.82) is 0 Å². The largest absolute Gasteiger partial charge is 0.339 e. The molecule has 1 aliphatic heterocycles. The number of carbonyl (C=O) groups is 1. The number of hydrogen-bond acceptors (Lipinski definition) is 8. The number of nitrogens with two attached hydrogens (primary N) is 1. The van der Waals surface area contributed by atoms with Gasteiger partial charge in [0.05, 0.1) is 22.0 Å². The first-order valence-corrected chi connectivity index (χ1v) is 14.1. The van der Waals surface area contributed by atoms with Crippen LogP contribution in [0.25, 0.3) is 0 Å². The fourth-order valence-corrected chi connectivity index (χ4v) is 5.47. The second kappa shape index (κ2) is 11.5. The van der Waals surface area contributed by atoms with E-state index in [0.717, 1.165) is 12.8 Å². The van der Waals surface area contributed by atoms with Crippen LogP contribution in [-0.2, 0) is 9.84 Å². The molecule has 0 aliphatic carbocycles. The third-order valence-corrected chi connectivity index (χ3v) is 8.90. The minimum atomic E-state index is -3.53. The fourth-order valence-electron chi connectivity index (χ4n) is 4.13. The molecule has 1 fully saturated rings. The molecule has 2 heterocycles. The van der Waals surface area contributed by atoms with E-state index in [4.69, 9.17) is 17.3 Å². The number of para-hydroxylation sites is 1. The second-order valence-corrected chi connectivity index (χ2v) is 12.2. The van der Waals surface area contributed by atoms with E-state index in [0.29, 0.717) is 42.5 Å². The summed E-state index contributed by atoms with van der Waals surface area (Å²) >= 11 is 6.33. The van der Waals surface area contributed by atoms with Crippen LogP contribution in [0.4, 0.5) is 23.1 Å². The van der Waals surface area contributed by atoms with E-state index >= 15 is 0 Å². The molecule has 0 bridgehead atoms. The van der Waals surface area contributed by atoms with Crippen LogP contribution in [0.5, 0.6) is 0 Å². The van der Waals surface area contributed by atoms with Gasteiger partial charge in [-0.15, -0.1) is 0 Å². The number of sulfone groups is 1. The maximum Gasteiger partial charge on any atom is 0.253 e. The quantitative estimate of drug-likeness (QED) is 0.376. The number of nitrogens with zero attached hydrogens (tertiary/aromatic N) is 3. The summed E-state index contributed by atoms with van der Waals surface area (Å²) < 4.78 is 25.6. The Bertz CT molecular complexity index is 1370. The molecule has 0 unspecified atom stereocenters. The first kappa shape index (κ1) is 26.8. The van der Waals surface area contributed by atoms with Gasteiger partial charge in [0.15, 0.2) is 15.7 Å². The number of rotatable bonds is 8. The predicted molar refractivity (Wildman–Crippen MR) is 146 cm³/mol. The highest BCUT2D eigenvalue weighted by atomic mass is 35.5. The SMILES string of the molecule is CC(C)S(=O)(=O)c1ccccc1Nc1nc(Nc2cccc(C(=O)N3CCC(CN)CC3)c2)ncc1Cl. The lowest BCUT2D eigenvalue weighted by molar-refractivity contribution is 0.0693. The summed E-state index contributed by atoms with van der Waals surface area (Å²) in [4.78, 5) is 23.7. The number of benzene rings is 2.